The zero-order chi connectivity index (χ0) is 57.1. The predicted molar refractivity (Wildman–Crippen MR) is 343 cm³/mol. The molecule has 1 atom stereocenters. The van der Waals surface area contributed by atoms with Crippen LogP contribution in [-0.2, 0) is 28.6 Å². The van der Waals surface area contributed by atoms with Gasteiger partial charge in [-0.25, -0.2) is 0 Å². The van der Waals surface area contributed by atoms with Crippen LogP contribution in [0.4, 0.5) is 0 Å². The van der Waals surface area contributed by atoms with Gasteiger partial charge < -0.3 is 14.2 Å². The van der Waals surface area contributed by atoms with Crippen molar-refractivity contribution in [3.63, 3.8) is 0 Å². The van der Waals surface area contributed by atoms with Gasteiger partial charge in [0.05, 0.1) is 0 Å². The quantitative estimate of drug-likeness (QED) is 0.0261. The van der Waals surface area contributed by atoms with Crippen molar-refractivity contribution in [1.29, 1.82) is 0 Å². The van der Waals surface area contributed by atoms with E-state index in [2.05, 4.69) is 142 Å². The molecule has 0 aliphatic rings. The number of esters is 3. The third-order valence-corrected chi connectivity index (χ3v) is 14.0. The fourth-order valence-electron chi connectivity index (χ4n) is 9.09. The molecule has 79 heavy (non-hydrogen) atoms. The molecule has 0 saturated heterocycles. The van der Waals surface area contributed by atoms with Crippen LogP contribution in [0.15, 0.2) is 122 Å². The number of hydrogen-bond donors (Lipinski definition) is 0. The van der Waals surface area contributed by atoms with Gasteiger partial charge in [0, 0.05) is 19.3 Å². The number of allylic oxidation sites excluding steroid dienone is 20. The molecule has 0 spiro atoms. The molecule has 0 saturated carbocycles. The number of carbonyl (C=O) groups is 3. The summed E-state index contributed by atoms with van der Waals surface area (Å²) < 4.78 is 16.8. The summed E-state index contributed by atoms with van der Waals surface area (Å²) in [7, 11) is 0. The fraction of sp³-hybridized carbons (Fsp3) is 0.685. The predicted octanol–water partition coefficient (Wildman–Crippen LogP) is 22.8. The smallest absolute Gasteiger partial charge is 0.306 e. The van der Waals surface area contributed by atoms with E-state index >= 15 is 0 Å². The van der Waals surface area contributed by atoms with Crippen LogP contribution in [0.5, 0.6) is 0 Å². The maximum atomic E-state index is 12.8. The summed E-state index contributed by atoms with van der Waals surface area (Å²) in [6.07, 6.45) is 92.6. The van der Waals surface area contributed by atoms with E-state index in [4.69, 9.17) is 14.2 Å². The zero-order valence-corrected chi connectivity index (χ0v) is 51.6. The van der Waals surface area contributed by atoms with Gasteiger partial charge in [0.15, 0.2) is 6.10 Å². The van der Waals surface area contributed by atoms with Crippen LogP contribution in [0.25, 0.3) is 0 Å². The van der Waals surface area contributed by atoms with Gasteiger partial charge in [-0.15, -0.1) is 0 Å². The molecule has 0 aromatic rings. The minimum atomic E-state index is -0.780. The summed E-state index contributed by atoms with van der Waals surface area (Å²) in [6, 6.07) is 0. The van der Waals surface area contributed by atoms with Crippen LogP contribution in [0.3, 0.4) is 0 Å². The van der Waals surface area contributed by atoms with Crippen LogP contribution in [0, 0.1) is 0 Å². The first kappa shape index (κ1) is 74.8. The molecule has 0 aliphatic heterocycles. The first-order chi connectivity index (χ1) is 39.0. The van der Waals surface area contributed by atoms with E-state index in [0.29, 0.717) is 19.3 Å². The Labute approximate surface area is 488 Å². The second-order valence-electron chi connectivity index (χ2n) is 21.6. The molecule has 1 unspecified atom stereocenters. The lowest BCUT2D eigenvalue weighted by Gasteiger charge is -2.18. The highest BCUT2D eigenvalue weighted by Crippen LogP contribution is 2.16. The number of carbonyl (C=O) groups excluding carboxylic acids is 3. The highest BCUT2D eigenvalue weighted by atomic mass is 16.6. The molecule has 0 aromatic heterocycles. The average molecular weight is 1100 g/mol. The molecule has 450 valence electrons. The molecule has 0 bridgehead atoms. The molecule has 0 rings (SSSR count). The Balaban J connectivity index is 4.03. The molecule has 0 amide bonds. The first-order valence-corrected chi connectivity index (χ1v) is 33.0. The average Bonchev–Trinajstić information content (AvgIpc) is 3.45. The SMILES string of the molecule is CC/C=C\C/C=C\C/C=C\C/C=C\C/C=C\CCCCCCCCCCCCCCCCCC(=O)OCC(COC(=O)CCCCCCC)OC(=O)CCCCCCCCCCC/C=C\C/C=C\C/C=C\C/C=C\C/C=C\CC. The van der Waals surface area contributed by atoms with E-state index in [9.17, 15) is 14.4 Å². The molecule has 0 heterocycles. The summed E-state index contributed by atoms with van der Waals surface area (Å²) >= 11 is 0. The number of unbranched alkanes of at least 4 members (excludes halogenated alkanes) is 28. The van der Waals surface area contributed by atoms with Gasteiger partial charge >= 0.3 is 17.9 Å². The fourth-order valence-corrected chi connectivity index (χ4v) is 9.09. The van der Waals surface area contributed by atoms with Gasteiger partial charge in [-0.3, -0.25) is 14.4 Å². The largest absolute Gasteiger partial charge is 0.462 e. The Kier molecular flexibility index (Phi) is 62.8. The normalized spacial score (nSPS) is 12.9. The van der Waals surface area contributed by atoms with E-state index < -0.39 is 6.10 Å². The van der Waals surface area contributed by atoms with E-state index in [0.717, 1.165) is 135 Å². The topological polar surface area (TPSA) is 78.9 Å². The Morgan fingerprint density at radius 3 is 0.772 bits per heavy atom. The lowest BCUT2D eigenvalue weighted by molar-refractivity contribution is -0.167. The zero-order valence-electron chi connectivity index (χ0n) is 51.6. The number of hydrogen-bond acceptors (Lipinski definition) is 6. The molecule has 0 radical (unpaired) electrons. The first-order valence-electron chi connectivity index (χ1n) is 33.0. The molecule has 0 aromatic carbocycles. The third-order valence-electron chi connectivity index (χ3n) is 14.0. The molecular formula is C73H122O6. The van der Waals surface area contributed by atoms with Crippen molar-refractivity contribution in [2.75, 3.05) is 13.2 Å². The minimum absolute atomic E-state index is 0.0803. The summed E-state index contributed by atoms with van der Waals surface area (Å²) in [6.45, 7) is 6.34. The molecule has 0 aliphatic carbocycles. The lowest BCUT2D eigenvalue weighted by Crippen LogP contribution is -2.30. The van der Waals surface area contributed by atoms with Gasteiger partial charge in [0.1, 0.15) is 13.2 Å². The molecular weight excluding hydrogens is 973 g/mol. The highest BCUT2D eigenvalue weighted by Gasteiger charge is 2.19. The van der Waals surface area contributed by atoms with Crippen LogP contribution >= 0.6 is 0 Å². The van der Waals surface area contributed by atoms with Crippen LogP contribution < -0.4 is 0 Å². The summed E-state index contributed by atoms with van der Waals surface area (Å²) in [5.74, 6) is -0.895. The van der Waals surface area contributed by atoms with Gasteiger partial charge in [-0.2, -0.15) is 0 Å². The minimum Gasteiger partial charge on any atom is -0.462 e. The van der Waals surface area contributed by atoms with Crippen molar-refractivity contribution in [2.24, 2.45) is 0 Å². The molecule has 6 nitrogen and oxygen atoms in total. The lowest BCUT2D eigenvalue weighted by atomic mass is 10.0. The van der Waals surface area contributed by atoms with Gasteiger partial charge in [0.2, 0.25) is 0 Å². The number of rotatable bonds is 59. The van der Waals surface area contributed by atoms with Gasteiger partial charge in [-0.05, 0) is 109 Å². The van der Waals surface area contributed by atoms with E-state index in [1.54, 1.807) is 0 Å². The van der Waals surface area contributed by atoms with E-state index in [1.807, 2.05) is 0 Å². The van der Waals surface area contributed by atoms with Crippen LogP contribution in [-0.4, -0.2) is 37.2 Å². The molecule has 0 fully saturated rings. The Morgan fingerprint density at radius 2 is 0.494 bits per heavy atom. The van der Waals surface area contributed by atoms with Gasteiger partial charge in [-0.1, -0.05) is 296 Å². The van der Waals surface area contributed by atoms with Crippen LogP contribution in [0.2, 0.25) is 0 Å². The third kappa shape index (κ3) is 64.5. The summed E-state index contributed by atoms with van der Waals surface area (Å²) in [5, 5.41) is 0. The Bertz CT molecular complexity index is 1640. The summed E-state index contributed by atoms with van der Waals surface area (Å²) in [4.78, 5) is 38.0. The molecule has 0 N–H and O–H groups in total. The van der Waals surface area contributed by atoms with E-state index in [1.165, 1.54) is 128 Å². The Hall–Kier alpha value is -4.19. The second-order valence-corrected chi connectivity index (χ2v) is 21.6. The Morgan fingerprint density at radius 1 is 0.266 bits per heavy atom. The summed E-state index contributed by atoms with van der Waals surface area (Å²) in [5.41, 5.74) is 0. The van der Waals surface area contributed by atoms with Crippen LogP contribution in [0.1, 0.15) is 303 Å². The van der Waals surface area contributed by atoms with Crippen molar-refractivity contribution in [2.45, 2.75) is 309 Å². The standard InChI is InChI=1S/C73H122O6/c1-4-7-10-13-15-17-19-21-23-25-27-29-31-33-34-35-36-37-38-40-41-43-45-47-49-51-53-55-57-60-63-66-72(75)78-69-70(68-77-71(74)65-62-59-12-9-6-3)79-73(76)67-64-61-58-56-54-52-50-48-46-44-42-39-32-30-28-26-24-22-20-18-16-14-11-8-5-2/h7-8,10-11,15-18,21-24,27-30,33-34,39,42,70H,4-6,9,12-14,19-20,25-26,31-32,35-38,40-41,43-69H2,1-3H3/b10-7-,11-8-,17-15-,18-16-,23-21-,24-22-,29-27-,30-28-,34-33-,42-39-. The highest BCUT2D eigenvalue weighted by molar-refractivity contribution is 5.71. The van der Waals surface area contributed by atoms with Crippen molar-refractivity contribution in [1.82, 2.24) is 0 Å². The number of ether oxygens (including phenoxy) is 3. The second kappa shape index (κ2) is 66.3. The van der Waals surface area contributed by atoms with Crippen molar-refractivity contribution < 1.29 is 28.6 Å². The van der Waals surface area contributed by atoms with Crippen molar-refractivity contribution in [3.8, 4) is 0 Å². The van der Waals surface area contributed by atoms with Crippen molar-refractivity contribution in [3.05, 3.63) is 122 Å². The van der Waals surface area contributed by atoms with E-state index in [-0.39, 0.29) is 31.1 Å². The van der Waals surface area contributed by atoms with Crippen molar-refractivity contribution >= 4 is 17.9 Å². The maximum Gasteiger partial charge on any atom is 0.306 e. The monoisotopic (exact) mass is 1090 g/mol. The maximum absolute atomic E-state index is 12.8. The molecule has 6 heteroatoms. The van der Waals surface area contributed by atoms with Gasteiger partial charge in [0.25, 0.3) is 0 Å².